The molecule has 0 heterocycles. The Balaban J connectivity index is 0. The van der Waals surface area contributed by atoms with E-state index >= 15 is 0 Å². The van der Waals surface area contributed by atoms with E-state index in [9.17, 15) is 0 Å². The molecule has 0 bridgehead atoms. The standard InChI is InChI=1S/2ClH.Cu.O2Si/c;;;1-3-2/h2*1H;;/q;;+2;/p-2. The van der Waals surface area contributed by atoms with Gasteiger partial charge in [0.2, 0.25) is 0 Å². The van der Waals surface area contributed by atoms with E-state index in [0.29, 0.717) is 0 Å². The SMILES string of the molecule is O=[Si]=O.[Cl][Cu][Cl]. The second kappa shape index (κ2) is 16.8. The Morgan fingerprint density at radius 3 is 1.33 bits per heavy atom. The molecule has 0 aromatic rings. The molecule has 0 aliphatic heterocycles. The van der Waals surface area contributed by atoms with Crippen molar-refractivity contribution >= 4 is 29.5 Å². The van der Waals surface area contributed by atoms with Crippen molar-refractivity contribution in [2.75, 3.05) is 0 Å². The van der Waals surface area contributed by atoms with Crippen molar-refractivity contribution in [2.24, 2.45) is 0 Å². The van der Waals surface area contributed by atoms with Crippen molar-refractivity contribution in [3.05, 3.63) is 0 Å². The molecule has 0 rings (SSSR count). The minimum atomic E-state index is -1.42. The van der Waals surface area contributed by atoms with Gasteiger partial charge in [0.25, 0.3) is 0 Å². The van der Waals surface area contributed by atoms with Gasteiger partial charge in [-0.05, 0) is 0 Å². The van der Waals surface area contributed by atoms with E-state index in [2.05, 4.69) is 20.2 Å². The Morgan fingerprint density at radius 2 is 1.33 bits per heavy atom. The molecular weight excluding hydrogens is 195 g/mol. The Morgan fingerprint density at radius 1 is 1.33 bits per heavy atom. The monoisotopic (exact) mass is 193 g/mol. The quantitative estimate of drug-likeness (QED) is 0.534. The zero-order valence-electron chi connectivity index (χ0n) is 2.37. The molecule has 0 atom stereocenters. The van der Waals surface area contributed by atoms with E-state index in [1.807, 2.05) is 0 Å². The zero-order chi connectivity index (χ0) is 5.41. The first-order valence-electron chi connectivity index (χ1n) is 0.636. The second-order valence-corrected chi connectivity index (χ2v) is 1.85. The Kier molecular flexibility index (Phi) is 28.1. The first-order chi connectivity index (χ1) is 2.83. The van der Waals surface area contributed by atoms with Crippen LogP contribution in [0.2, 0.25) is 0 Å². The predicted octanol–water partition coefficient (Wildman–Crippen LogP) is 0.758. The average Bonchev–Trinajstić information content (AvgIpc) is 1.39. The molecule has 0 spiro atoms. The van der Waals surface area contributed by atoms with E-state index in [4.69, 9.17) is 8.92 Å². The Hall–Kier alpha value is 0.916. The summed E-state index contributed by atoms with van der Waals surface area (Å²) in [6.45, 7) is 0. The van der Waals surface area contributed by atoms with Crippen molar-refractivity contribution in [1.82, 2.24) is 0 Å². The summed E-state index contributed by atoms with van der Waals surface area (Å²) in [6, 6.07) is 0. The van der Waals surface area contributed by atoms with Gasteiger partial charge >= 0.3 is 42.6 Å². The number of halogens is 2. The summed E-state index contributed by atoms with van der Waals surface area (Å²) >= 11 is 0.757. The van der Waals surface area contributed by atoms with Gasteiger partial charge in [0.05, 0.1) is 0 Å². The molecule has 6 heavy (non-hydrogen) atoms. The summed E-state index contributed by atoms with van der Waals surface area (Å²) < 4.78 is 16.8. The van der Waals surface area contributed by atoms with Crippen molar-refractivity contribution in [3.63, 3.8) is 0 Å². The van der Waals surface area contributed by atoms with Crippen LogP contribution in [0.4, 0.5) is 0 Å². The average molecular weight is 195 g/mol. The van der Waals surface area contributed by atoms with Crippen LogP contribution in [0.1, 0.15) is 0 Å². The molecule has 0 radical (unpaired) electrons. The summed E-state index contributed by atoms with van der Waals surface area (Å²) in [6.07, 6.45) is 0. The minimum absolute atomic E-state index is 0.757. The van der Waals surface area contributed by atoms with Crippen LogP contribution >= 0.6 is 20.2 Å². The van der Waals surface area contributed by atoms with Gasteiger partial charge in [-0.25, -0.2) is 0 Å². The second-order valence-electron chi connectivity index (χ2n) is 0.126. The number of rotatable bonds is 0. The van der Waals surface area contributed by atoms with Gasteiger partial charge in [-0.15, -0.1) is 0 Å². The van der Waals surface area contributed by atoms with Gasteiger partial charge in [0, 0.05) is 0 Å². The molecule has 0 N–H and O–H groups in total. The molecule has 0 aliphatic carbocycles. The predicted molar refractivity (Wildman–Crippen MR) is 18.8 cm³/mol. The topological polar surface area (TPSA) is 34.1 Å². The molecule has 6 heteroatoms. The number of hydrogen-bond donors (Lipinski definition) is 0. The summed E-state index contributed by atoms with van der Waals surface area (Å²) in [5.41, 5.74) is 0. The summed E-state index contributed by atoms with van der Waals surface area (Å²) in [7, 11) is 7.92. The van der Waals surface area contributed by atoms with Crippen molar-refractivity contribution < 1.29 is 22.1 Å². The van der Waals surface area contributed by atoms with E-state index in [1.165, 1.54) is 0 Å². The molecule has 0 aliphatic rings. The summed E-state index contributed by atoms with van der Waals surface area (Å²) in [4.78, 5) is 0. The van der Waals surface area contributed by atoms with Crippen LogP contribution in [0.3, 0.4) is 0 Å². The van der Waals surface area contributed by atoms with Gasteiger partial charge in [-0.3, -0.25) is 8.92 Å². The molecule has 0 unspecified atom stereocenters. The van der Waals surface area contributed by atoms with Crippen LogP contribution in [-0.2, 0) is 22.1 Å². The fourth-order valence-electron chi connectivity index (χ4n) is 0. The molecule has 0 fully saturated rings. The zero-order valence-corrected chi connectivity index (χ0v) is 5.83. The van der Waals surface area contributed by atoms with Crippen molar-refractivity contribution in [3.8, 4) is 0 Å². The van der Waals surface area contributed by atoms with Crippen LogP contribution in [0, 0.1) is 0 Å². The molecular formula is Cl2CuO2Si. The molecule has 41 valence electrons. The fraction of sp³-hybridized carbons (Fsp3) is 0. The third-order valence-corrected chi connectivity index (χ3v) is 0. The van der Waals surface area contributed by atoms with E-state index in [1.54, 1.807) is 0 Å². The van der Waals surface area contributed by atoms with Gasteiger partial charge in [0.1, 0.15) is 0 Å². The summed E-state index contributed by atoms with van der Waals surface area (Å²) in [5, 5.41) is 0. The molecule has 0 amide bonds. The Bertz CT molecular complexity index is 40.8. The first kappa shape index (κ1) is 10.0. The molecule has 0 aromatic heterocycles. The van der Waals surface area contributed by atoms with Gasteiger partial charge in [0.15, 0.2) is 0 Å². The normalized spacial score (nSPS) is 5.00. The maximum absolute atomic E-state index is 8.40. The van der Waals surface area contributed by atoms with Crippen LogP contribution in [-0.4, -0.2) is 9.29 Å². The van der Waals surface area contributed by atoms with Crippen LogP contribution in [0.15, 0.2) is 0 Å². The van der Waals surface area contributed by atoms with Crippen molar-refractivity contribution in [2.45, 2.75) is 0 Å². The van der Waals surface area contributed by atoms with Gasteiger partial charge in [-0.1, -0.05) is 0 Å². The van der Waals surface area contributed by atoms with Gasteiger partial charge < -0.3 is 0 Å². The molecule has 2 nitrogen and oxygen atoms in total. The first-order valence-corrected chi connectivity index (χ1v) is 4.04. The van der Waals surface area contributed by atoms with Crippen LogP contribution < -0.4 is 0 Å². The van der Waals surface area contributed by atoms with E-state index in [0.717, 1.165) is 13.1 Å². The van der Waals surface area contributed by atoms with Crippen LogP contribution in [0.25, 0.3) is 0 Å². The van der Waals surface area contributed by atoms with Gasteiger partial charge in [-0.2, -0.15) is 0 Å². The summed E-state index contributed by atoms with van der Waals surface area (Å²) in [5.74, 6) is 0. The van der Waals surface area contributed by atoms with E-state index in [-0.39, 0.29) is 0 Å². The molecule has 0 saturated carbocycles. The fourth-order valence-corrected chi connectivity index (χ4v) is 0. The third kappa shape index (κ3) is 89.8. The number of hydrogen-bond acceptors (Lipinski definition) is 2. The molecule has 0 aromatic carbocycles. The maximum atomic E-state index is 8.40. The van der Waals surface area contributed by atoms with Crippen molar-refractivity contribution in [1.29, 1.82) is 0 Å². The Labute approximate surface area is 51.8 Å². The van der Waals surface area contributed by atoms with Crippen LogP contribution in [0.5, 0.6) is 0 Å². The molecule has 0 saturated heterocycles. The third-order valence-electron chi connectivity index (χ3n) is 0. The van der Waals surface area contributed by atoms with E-state index < -0.39 is 9.29 Å².